The molecule has 0 radical (unpaired) electrons. The van der Waals surface area contributed by atoms with Crippen LogP contribution < -0.4 is 0 Å². The van der Waals surface area contributed by atoms with Crippen LogP contribution in [-0.4, -0.2) is 19.2 Å². The van der Waals surface area contributed by atoms with E-state index in [2.05, 4.69) is 9.44 Å². The lowest BCUT2D eigenvalue weighted by Gasteiger charge is -2.09. The van der Waals surface area contributed by atoms with Crippen LogP contribution in [-0.2, 0) is 11.6 Å². The fraction of sp³-hybridized carbons (Fsp3) is 0.375. The van der Waals surface area contributed by atoms with Gasteiger partial charge < -0.3 is 5.11 Å². The van der Waals surface area contributed by atoms with Gasteiger partial charge in [-0.05, 0) is 25.0 Å². The highest BCUT2D eigenvalue weighted by atomic mass is 127. The van der Waals surface area contributed by atoms with Crippen LogP contribution in [0.25, 0.3) is 0 Å². The Balaban J connectivity index is 2.73. The third-order valence-corrected chi connectivity index (χ3v) is 2.59. The van der Waals surface area contributed by atoms with Gasteiger partial charge in [0.15, 0.2) is 0 Å². The van der Waals surface area contributed by atoms with E-state index in [1.54, 1.807) is 19.1 Å². The Hall–Kier alpha value is -0.570. The molecule has 0 saturated heterocycles. The molecule has 0 amide bonds. The van der Waals surface area contributed by atoms with E-state index in [1.165, 1.54) is 0 Å². The quantitative estimate of drug-likeness (QED) is 0.369. The number of oxime groups is 1. The molecule has 1 aliphatic carbocycles. The van der Waals surface area contributed by atoms with Crippen LogP contribution in [0.2, 0.25) is 0 Å². The van der Waals surface area contributed by atoms with Gasteiger partial charge in [-0.1, -0.05) is 11.2 Å². The molecule has 0 spiro atoms. The first-order chi connectivity index (χ1) is 6.88. The van der Waals surface area contributed by atoms with Gasteiger partial charge in [0, 0.05) is 6.42 Å². The maximum absolute atomic E-state index is 10.7. The summed E-state index contributed by atoms with van der Waals surface area (Å²) in [6, 6.07) is 0. The number of allylic oxidation sites excluding steroid dienone is 4. The maximum Gasteiger partial charge on any atom is 0.383 e. The van der Waals surface area contributed by atoms with Gasteiger partial charge in [-0.25, -0.2) is 0 Å². The summed E-state index contributed by atoms with van der Waals surface area (Å²) in [4.78, 5) is 0. The predicted octanol–water partition coefficient (Wildman–Crippen LogP) is 2.22. The average Bonchev–Trinajstić information content (AvgIpc) is 2.14. The molecule has 0 aliphatic heterocycles. The fourth-order valence-corrected chi connectivity index (χ4v) is 1.53. The van der Waals surface area contributed by atoms with Gasteiger partial charge in [0.05, 0.1) is 11.5 Å². The summed E-state index contributed by atoms with van der Waals surface area (Å²) >= 11 is 1.16. The number of nitrogens with zero attached hydrogens (tertiary/aromatic N) is 1. The van der Waals surface area contributed by atoms with E-state index in [9.17, 15) is 8.42 Å². The van der Waals surface area contributed by atoms with Crippen LogP contribution in [0.1, 0.15) is 19.8 Å². The largest absolute Gasteiger partial charge is 0.512 e. The van der Waals surface area contributed by atoms with Gasteiger partial charge in [-0.2, -0.15) is 8.42 Å². The van der Waals surface area contributed by atoms with Crippen molar-refractivity contribution in [2.45, 2.75) is 19.8 Å². The second-order valence-electron chi connectivity index (χ2n) is 2.99. The van der Waals surface area contributed by atoms with Gasteiger partial charge >= 0.3 is 7.29 Å². The lowest BCUT2D eigenvalue weighted by Crippen LogP contribution is -2.03. The summed E-state index contributed by atoms with van der Waals surface area (Å²) < 4.78 is 25.6. The van der Waals surface area contributed by atoms with Crippen molar-refractivity contribution in [2.24, 2.45) is 5.16 Å². The van der Waals surface area contributed by atoms with E-state index >= 15 is 0 Å². The molecule has 1 aliphatic rings. The third kappa shape index (κ3) is 4.65. The number of aliphatic hydroxyl groups is 1. The van der Waals surface area contributed by atoms with Crippen LogP contribution in [0.3, 0.4) is 0 Å². The standard InChI is InChI=1S/C8H10INO4S/c1-6(10-14-15(9,12)13)7-2-4-8(11)5-3-7/h2,4,11H,3,5H2,1H3/b10-6+. The molecule has 1 rings (SSSR count). The zero-order valence-electron chi connectivity index (χ0n) is 7.97. The van der Waals surface area contributed by atoms with E-state index in [-0.39, 0.29) is 0 Å². The molecule has 0 aromatic heterocycles. The summed E-state index contributed by atoms with van der Waals surface area (Å²) in [5, 5.41) is 12.6. The molecule has 7 heteroatoms. The Bertz CT molecular complexity index is 436. The van der Waals surface area contributed by atoms with Gasteiger partial charge in [0.25, 0.3) is 0 Å². The van der Waals surface area contributed by atoms with E-state index < -0.39 is 7.29 Å². The van der Waals surface area contributed by atoms with Gasteiger partial charge in [0.1, 0.15) is 21.2 Å². The Morgan fingerprint density at radius 1 is 1.53 bits per heavy atom. The lowest BCUT2D eigenvalue weighted by atomic mass is 10.0. The fourth-order valence-electron chi connectivity index (χ4n) is 1.09. The molecule has 15 heavy (non-hydrogen) atoms. The summed E-state index contributed by atoms with van der Waals surface area (Å²) in [5.41, 5.74) is 1.35. The molecule has 84 valence electrons. The van der Waals surface area contributed by atoms with Crippen LogP contribution in [0.15, 0.2) is 28.6 Å². The molecule has 0 fully saturated rings. The van der Waals surface area contributed by atoms with Gasteiger partial charge in [-0.15, -0.1) is 0 Å². The van der Waals surface area contributed by atoms with Crippen LogP contribution in [0.4, 0.5) is 0 Å². The van der Waals surface area contributed by atoms with E-state index in [0.717, 1.165) is 26.8 Å². The number of halogens is 1. The Morgan fingerprint density at radius 2 is 2.20 bits per heavy atom. The number of aliphatic hydroxyl groups excluding tert-OH is 1. The zero-order chi connectivity index (χ0) is 11.5. The first kappa shape index (κ1) is 12.5. The Labute approximate surface area is 100 Å². The molecule has 0 aromatic carbocycles. The first-order valence-electron chi connectivity index (χ1n) is 4.15. The topological polar surface area (TPSA) is 76.0 Å². The van der Waals surface area contributed by atoms with E-state index in [1.807, 2.05) is 0 Å². The minimum atomic E-state index is -3.58. The molecule has 1 N–H and O–H groups in total. The predicted molar refractivity (Wildman–Crippen MR) is 65.2 cm³/mol. The SMILES string of the molecule is C/C(=N\OS(=O)(=O)I)C1=CC=C(O)CC1. The zero-order valence-corrected chi connectivity index (χ0v) is 10.9. The second kappa shape index (κ2) is 4.97. The van der Waals surface area contributed by atoms with Crippen molar-refractivity contribution in [3.63, 3.8) is 0 Å². The molecule has 0 saturated carbocycles. The minimum Gasteiger partial charge on any atom is -0.512 e. The lowest BCUT2D eigenvalue weighted by molar-refractivity contribution is 0.353. The highest BCUT2D eigenvalue weighted by molar-refractivity contribution is 14.2. The summed E-state index contributed by atoms with van der Waals surface area (Å²) in [5.74, 6) is 0.314. The molecular weight excluding hydrogens is 333 g/mol. The molecule has 0 atom stereocenters. The van der Waals surface area contributed by atoms with Crippen molar-refractivity contribution >= 4 is 34.2 Å². The number of hydrogen-bond donors (Lipinski definition) is 1. The smallest absolute Gasteiger partial charge is 0.383 e. The van der Waals surface area contributed by atoms with Crippen molar-refractivity contribution in [1.29, 1.82) is 0 Å². The van der Waals surface area contributed by atoms with Crippen LogP contribution in [0.5, 0.6) is 0 Å². The minimum absolute atomic E-state index is 0.314. The monoisotopic (exact) mass is 343 g/mol. The van der Waals surface area contributed by atoms with Gasteiger partial charge in [0.2, 0.25) is 0 Å². The summed E-state index contributed by atoms with van der Waals surface area (Å²) in [6.45, 7) is 1.66. The Morgan fingerprint density at radius 3 is 2.67 bits per heavy atom. The van der Waals surface area contributed by atoms with Crippen molar-refractivity contribution in [3.05, 3.63) is 23.5 Å². The first-order valence-corrected chi connectivity index (χ1v) is 8.10. The molecule has 0 heterocycles. The van der Waals surface area contributed by atoms with Gasteiger partial charge in [-0.3, -0.25) is 4.28 Å². The van der Waals surface area contributed by atoms with Crippen molar-refractivity contribution in [2.75, 3.05) is 0 Å². The van der Waals surface area contributed by atoms with Crippen molar-refractivity contribution in [3.8, 4) is 0 Å². The van der Waals surface area contributed by atoms with Crippen molar-refractivity contribution < 1.29 is 17.8 Å². The van der Waals surface area contributed by atoms with Crippen LogP contribution >= 0.6 is 21.2 Å². The summed E-state index contributed by atoms with van der Waals surface area (Å²) in [6.07, 6.45) is 4.43. The number of rotatable bonds is 3. The molecule has 5 nitrogen and oxygen atoms in total. The summed E-state index contributed by atoms with van der Waals surface area (Å²) in [7, 11) is -3.58. The average molecular weight is 343 g/mol. The molecular formula is C8H10INO4S. The van der Waals surface area contributed by atoms with Crippen LogP contribution in [0, 0.1) is 0 Å². The second-order valence-corrected chi connectivity index (χ2v) is 7.17. The highest BCUT2D eigenvalue weighted by Crippen LogP contribution is 2.18. The molecule has 0 aromatic rings. The van der Waals surface area contributed by atoms with E-state index in [0.29, 0.717) is 24.3 Å². The van der Waals surface area contributed by atoms with Crippen molar-refractivity contribution in [1.82, 2.24) is 0 Å². The highest BCUT2D eigenvalue weighted by Gasteiger charge is 2.10. The maximum atomic E-state index is 10.7. The van der Waals surface area contributed by atoms with E-state index in [4.69, 9.17) is 5.11 Å². The Kier molecular flexibility index (Phi) is 4.14. The third-order valence-electron chi connectivity index (χ3n) is 1.86. The molecule has 0 unspecified atom stereocenters. The normalized spacial score (nSPS) is 18.1. The molecule has 0 bridgehead atoms. The number of hydrogen-bond acceptors (Lipinski definition) is 5.